The number of ether oxygens (including phenoxy) is 1. The Hall–Kier alpha value is -1.32. The zero-order valence-electron chi connectivity index (χ0n) is 10.3. The molecule has 0 saturated heterocycles. The molecule has 0 amide bonds. The van der Waals surface area contributed by atoms with Gasteiger partial charge in [0.25, 0.3) is 0 Å². The smallest absolute Gasteiger partial charge is 0.119 e. The summed E-state index contributed by atoms with van der Waals surface area (Å²) in [5.41, 5.74) is 8.67. The third-order valence-corrected chi connectivity index (χ3v) is 4.37. The van der Waals surface area contributed by atoms with Gasteiger partial charge in [0.2, 0.25) is 0 Å². The van der Waals surface area contributed by atoms with Crippen molar-refractivity contribution in [1.82, 2.24) is 0 Å². The van der Waals surface area contributed by atoms with E-state index >= 15 is 0 Å². The molecule has 0 spiro atoms. The van der Waals surface area contributed by atoms with E-state index in [4.69, 9.17) is 10.5 Å². The Bertz CT molecular complexity index is 521. The molecule has 94 valence electrons. The van der Waals surface area contributed by atoms with Crippen molar-refractivity contribution in [1.29, 1.82) is 0 Å². The average Bonchev–Trinajstić information content (AvgIpc) is 3.00. The molecule has 1 aliphatic rings. The molecule has 1 aromatic carbocycles. The number of hydrogen-bond donors (Lipinski definition) is 1. The molecule has 1 aromatic heterocycles. The van der Waals surface area contributed by atoms with Crippen LogP contribution in [0.5, 0.6) is 5.75 Å². The van der Waals surface area contributed by atoms with Crippen molar-refractivity contribution < 1.29 is 4.74 Å². The summed E-state index contributed by atoms with van der Waals surface area (Å²) in [5, 5.41) is 2.10. The largest absolute Gasteiger partial charge is 0.493 e. The molecule has 1 aliphatic carbocycles. The summed E-state index contributed by atoms with van der Waals surface area (Å²) >= 11 is 1.78. The number of thiophene rings is 1. The fourth-order valence-corrected chi connectivity index (χ4v) is 3.13. The van der Waals surface area contributed by atoms with Crippen LogP contribution in [0.3, 0.4) is 0 Å². The number of nitrogens with two attached hydrogens (primary N) is 1. The van der Waals surface area contributed by atoms with Crippen LogP contribution in [0.2, 0.25) is 0 Å². The molecule has 18 heavy (non-hydrogen) atoms. The minimum absolute atomic E-state index is 0.222. The zero-order chi connectivity index (χ0) is 12.4. The van der Waals surface area contributed by atoms with Crippen LogP contribution < -0.4 is 10.5 Å². The maximum Gasteiger partial charge on any atom is 0.119 e. The van der Waals surface area contributed by atoms with Gasteiger partial charge >= 0.3 is 0 Å². The molecule has 3 rings (SSSR count). The van der Waals surface area contributed by atoms with Crippen LogP contribution in [-0.2, 0) is 12.8 Å². The monoisotopic (exact) mass is 259 g/mol. The Morgan fingerprint density at radius 3 is 3.11 bits per heavy atom. The maximum atomic E-state index is 6.02. The molecule has 0 aliphatic heterocycles. The van der Waals surface area contributed by atoms with E-state index in [0.717, 1.165) is 31.6 Å². The summed E-state index contributed by atoms with van der Waals surface area (Å²) in [6.45, 7) is 0.741. The highest BCUT2D eigenvalue weighted by Gasteiger charge is 2.18. The van der Waals surface area contributed by atoms with E-state index < -0.39 is 0 Å². The van der Waals surface area contributed by atoms with Gasteiger partial charge in [-0.15, -0.1) is 11.3 Å². The minimum Gasteiger partial charge on any atom is -0.493 e. The van der Waals surface area contributed by atoms with E-state index in [1.54, 1.807) is 11.3 Å². The number of benzene rings is 1. The second kappa shape index (κ2) is 5.12. The van der Waals surface area contributed by atoms with Gasteiger partial charge in [0.05, 0.1) is 6.61 Å². The first-order chi connectivity index (χ1) is 8.83. The highest BCUT2D eigenvalue weighted by molar-refractivity contribution is 7.09. The summed E-state index contributed by atoms with van der Waals surface area (Å²) in [6.07, 6.45) is 3.13. The lowest BCUT2D eigenvalue weighted by Gasteiger charge is -2.09. The number of rotatable bonds is 4. The minimum atomic E-state index is 0.222. The van der Waals surface area contributed by atoms with Gasteiger partial charge in [0, 0.05) is 17.3 Å². The lowest BCUT2D eigenvalue weighted by Crippen LogP contribution is -2.05. The van der Waals surface area contributed by atoms with Gasteiger partial charge in [-0.25, -0.2) is 0 Å². The van der Waals surface area contributed by atoms with Gasteiger partial charge in [-0.2, -0.15) is 0 Å². The first kappa shape index (κ1) is 11.8. The lowest BCUT2D eigenvalue weighted by atomic mass is 10.1. The summed E-state index contributed by atoms with van der Waals surface area (Å²) in [7, 11) is 0. The molecule has 0 fully saturated rings. The van der Waals surface area contributed by atoms with Gasteiger partial charge in [-0.1, -0.05) is 12.1 Å². The van der Waals surface area contributed by atoms with Gasteiger partial charge in [0.1, 0.15) is 5.75 Å². The molecule has 2 N–H and O–H groups in total. The molecular formula is C15H17NOS. The van der Waals surface area contributed by atoms with E-state index in [0.29, 0.717) is 0 Å². The predicted molar refractivity (Wildman–Crippen MR) is 75.2 cm³/mol. The Morgan fingerprint density at radius 1 is 1.33 bits per heavy atom. The fourth-order valence-electron chi connectivity index (χ4n) is 2.44. The topological polar surface area (TPSA) is 35.2 Å². The highest BCUT2D eigenvalue weighted by Crippen LogP contribution is 2.31. The molecule has 0 saturated carbocycles. The SMILES string of the molecule is NC1CCc2cc(OCCc3cccs3)ccc21. The van der Waals surface area contributed by atoms with E-state index in [1.807, 2.05) is 6.07 Å². The van der Waals surface area contributed by atoms with Crippen LogP contribution in [0.4, 0.5) is 0 Å². The highest BCUT2D eigenvalue weighted by atomic mass is 32.1. The van der Waals surface area contributed by atoms with E-state index in [9.17, 15) is 0 Å². The third kappa shape index (κ3) is 2.42. The Labute approximate surface area is 111 Å². The normalized spacial score (nSPS) is 17.7. The first-order valence-corrected chi connectivity index (χ1v) is 7.24. The van der Waals surface area contributed by atoms with Crippen molar-refractivity contribution in [3.63, 3.8) is 0 Å². The van der Waals surface area contributed by atoms with Crippen molar-refractivity contribution in [2.24, 2.45) is 5.73 Å². The fraction of sp³-hybridized carbons (Fsp3) is 0.333. The molecule has 1 heterocycles. The number of hydrogen-bond acceptors (Lipinski definition) is 3. The van der Waals surface area contributed by atoms with Crippen molar-refractivity contribution in [2.75, 3.05) is 6.61 Å². The molecule has 1 unspecified atom stereocenters. The molecule has 1 atom stereocenters. The van der Waals surface area contributed by atoms with E-state index in [2.05, 4.69) is 29.6 Å². The zero-order valence-corrected chi connectivity index (χ0v) is 11.1. The van der Waals surface area contributed by atoms with Crippen LogP contribution in [0.15, 0.2) is 35.7 Å². The van der Waals surface area contributed by atoms with Crippen LogP contribution in [-0.4, -0.2) is 6.61 Å². The standard InChI is InChI=1S/C15H17NOS/c16-15-6-3-11-10-12(4-5-14(11)15)17-8-7-13-2-1-9-18-13/h1-2,4-5,9-10,15H,3,6-8,16H2. The van der Waals surface area contributed by atoms with Gasteiger partial charge in [0.15, 0.2) is 0 Å². The molecular weight excluding hydrogens is 242 g/mol. The van der Waals surface area contributed by atoms with Crippen molar-refractivity contribution in [3.8, 4) is 5.75 Å². The quantitative estimate of drug-likeness (QED) is 0.914. The number of fused-ring (bicyclic) bond motifs is 1. The van der Waals surface area contributed by atoms with Crippen LogP contribution in [0, 0.1) is 0 Å². The third-order valence-electron chi connectivity index (χ3n) is 3.44. The molecule has 3 heteroatoms. The maximum absolute atomic E-state index is 6.02. The lowest BCUT2D eigenvalue weighted by molar-refractivity contribution is 0.322. The van der Waals surface area contributed by atoms with E-state index in [-0.39, 0.29) is 6.04 Å². The Kier molecular flexibility index (Phi) is 3.35. The van der Waals surface area contributed by atoms with Gasteiger partial charge in [-0.05, 0) is 47.5 Å². The van der Waals surface area contributed by atoms with Crippen molar-refractivity contribution in [2.45, 2.75) is 25.3 Å². The molecule has 2 nitrogen and oxygen atoms in total. The van der Waals surface area contributed by atoms with Gasteiger partial charge < -0.3 is 10.5 Å². The van der Waals surface area contributed by atoms with Crippen molar-refractivity contribution >= 4 is 11.3 Å². The molecule has 0 radical (unpaired) electrons. The average molecular weight is 259 g/mol. The van der Waals surface area contributed by atoms with Crippen LogP contribution in [0.1, 0.15) is 28.5 Å². The molecule has 0 bridgehead atoms. The van der Waals surface area contributed by atoms with E-state index in [1.165, 1.54) is 16.0 Å². The van der Waals surface area contributed by atoms with Crippen LogP contribution in [0.25, 0.3) is 0 Å². The molecule has 2 aromatic rings. The summed E-state index contributed by atoms with van der Waals surface area (Å²) < 4.78 is 5.81. The second-order valence-electron chi connectivity index (χ2n) is 4.68. The first-order valence-electron chi connectivity index (χ1n) is 6.36. The van der Waals surface area contributed by atoms with Crippen molar-refractivity contribution in [3.05, 3.63) is 51.7 Å². The summed E-state index contributed by atoms with van der Waals surface area (Å²) in [4.78, 5) is 1.37. The number of aryl methyl sites for hydroxylation is 1. The van der Waals surface area contributed by atoms with Gasteiger partial charge in [-0.3, -0.25) is 0 Å². The Morgan fingerprint density at radius 2 is 2.28 bits per heavy atom. The summed E-state index contributed by atoms with van der Waals surface area (Å²) in [5.74, 6) is 0.972. The second-order valence-corrected chi connectivity index (χ2v) is 5.72. The van der Waals surface area contributed by atoms with Crippen LogP contribution >= 0.6 is 11.3 Å². The summed E-state index contributed by atoms with van der Waals surface area (Å²) in [6, 6.07) is 10.8. The Balaban J connectivity index is 1.60. The predicted octanol–water partition coefficient (Wildman–Crippen LogP) is 3.32.